The van der Waals surface area contributed by atoms with E-state index in [0.717, 1.165) is 13.0 Å². The first-order chi connectivity index (χ1) is 7.69. The van der Waals surface area contributed by atoms with E-state index in [1.54, 1.807) is 0 Å². The van der Waals surface area contributed by atoms with Crippen molar-refractivity contribution in [3.8, 4) is 0 Å². The third-order valence-electron chi connectivity index (χ3n) is 2.78. The molecule has 0 heterocycles. The molecule has 0 aromatic heterocycles. The molecule has 0 aliphatic rings. The number of rotatable bonds is 6. The van der Waals surface area contributed by atoms with Crippen molar-refractivity contribution in [1.82, 2.24) is 5.32 Å². The van der Waals surface area contributed by atoms with E-state index in [2.05, 4.69) is 43.9 Å². The number of nitrogens with one attached hydrogen (secondary N) is 1. The first-order valence-electron chi connectivity index (χ1n) is 5.80. The van der Waals surface area contributed by atoms with Crippen molar-refractivity contribution in [3.05, 3.63) is 47.5 Å². The van der Waals surface area contributed by atoms with Gasteiger partial charge in [-0.05, 0) is 37.9 Å². The average molecular weight is 218 g/mol. The molecule has 1 atom stereocenters. The van der Waals surface area contributed by atoms with Crippen molar-refractivity contribution in [1.29, 1.82) is 0 Å². The lowest BCUT2D eigenvalue weighted by Crippen LogP contribution is -2.29. The number of benzene rings is 1. The third kappa shape index (κ3) is 3.47. The van der Waals surface area contributed by atoms with Gasteiger partial charge in [0.1, 0.15) is 0 Å². The van der Waals surface area contributed by atoms with Gasteiger partial charge in [-0.2, -0.15) is 0 Å². The Kier molecular flexibility index (Phi) is 5.23. The molecule has 16 heavy (non-hydrogen) atoms. The van der Waals surface area contributed by atoms with E-state index >= 15 is 0 Å². The molecule has 88 valence electrons. The molecule has 0 aliphatic carbocycles. The fraction of sp³-hybridized carbons (Fsp3) is 0.429. The summed E-state index contributed by atoms with van der Waals surface area (Å²) >= 11 is 0. The SMILES string of the molecule is C=CCCNC(CN)c1ccc(C)cc1C. The predicted molar refractivity (Wildman–Crippen MR) is 70.5 cm³/mol. The Labute approximate surface area is 98.6 Å². The van der Waals surface area contributed by atoms with Crippen LogP contribution >= 0.6 is 0 Å². The minimum atomic E-state index is 0.251. The maximum Gasteiger partial charge on any atom is 0.0447 e. The maximum atomic E-state index is 5.81. The molecule has 0 amide bonds. The Morgan fingerprint density at radius 2 is 2.19 bits per heavy atom. The summed E-state index contributed by atoms with van der Waals surface area (Å²) < 4.78 is 0. The summed E-state index contributed by atoms with van der Waals surface area (Å²) in [6.07, 6.45) is 2.89. The number of aryl methyl sites for hydroxylation is 2. The van der Waals surface area contributed by atoms with Gasteiger partial charge in [0.25, 0.3) is 0 Å². The number of hydrogen-bond acceptors (Lipinski definition) is 2. The highest BCUT2D eigenvalue weighted by Crippen LogP contribution is 2.18. The summed E-state index contributed by atoms with van der Waals surface area (Å²) in [5.41, 5.74) is 9.71. The number of hydrogen-bond donors (Lipinski definition) is 2. The van der Waals surface area contributed by atoms with E-state index in [-0.39, 0.29) is 6.04 Å². The van der Waals surface area contributed by atoms with Crippen LogP contribution in [0.1, 0.15) is 29.2 Å². The summed E-state index contributed by atoms with van der Waals surface area (Å²) in [6.45, 7) is 9.52. The van der Waals surface area contributed by atoms with Gasteiger partial charge < -0.3 is 11.1 Å². The van der Waals surface area contributed by atoms with Crippen molar-refractivity contribution < 1.29 is 0 Å². The van der Waals surface area contributed by atoms with Crippen LogP contribution in [0.5, 0.6) is 0 Å². The molecule has 0 spiro atoms. The topological polar surface area (TPSA) is 38.0 Å². The highest BCUT2D eigenvalue weighted by atomic mass is 14.9. The zero-order valence-corrected chi connectivity index (χ0v) is 10.3. The summed E-state index contributed by atoms with van der Waals surface area (Å²) in [6, 6.07) is 6.76. The molecule has 2 nitrogen and oxygen atoms in total. The standard InChI is InChI=1S/C14H22N2/c1-4-5-8-16-14(10-15)13-7-6-11(2)9-12(13)3/h4,6-7,9,14,16H,1,5,8,10,15H2,2-3H3. The minimum Gasteiger partial charge on any atom is -0.329 e. The van der Waals surface area contributed by atoms with Gasteiger partial charge in [-0.1, -0.05) is 29.8 Å². The van der Waals surface area contributed by atoms with Crippen LogP contribution in [0.15, 0.2) is 30.9 Å². The molecule has 0 radical (unpaired) electrons. The summed E-state index contributed by atoms with van der Waals surface area (Å²) in [4.78, 5) is 0. The molecule has 0 saturated heterocycles. The molecule has 1 rings (SSSR count). The van der Waals surface area contributed by atoms with E-state index in [1.807, 2.05) is 6.08 Å². The van der Waals surface area contributed by atoms with E-state index in [9.17, 15) is 0 Å². The van der Waals surface area contributed by atoms with Crippen molar-refractivity contribution in [2.75, 3.05) is 13.1 Å². The second kappa shape index (κ2) is 6.46. The Morgan fingerprint density at radius 1 is 1.44 bits per heavy atom. The van der Waals surface area contributed by atoms with E-state index in [0.29, 0.717) is 6.54 Å². The van der Waals surface area contributed by atoms with Crippen LogP contribution in [-0.2, 0) is 0 Å². The van der Waals surface area contributed by atoms with Gasteiger partial charge in [-0.3, -0.25) is 0 Å². The zero-order valence-electron chi connectivity index (χ0n) is 10.3. The molecule has 1 unspecified atom stereocenters. The van der Waals surface area contributed by atoms with Gasteiger partial charge in [-0.25, -0.2) is 0 Å². The van der Waals surface area contributed by atoms with Gasteiger partial charge in [0.2, 0.25) is 0 Å². The fourth-order valence-corrected chi connectivity index (χ4v) is 1.90. The Balaban J connectivity index is 2.74. The second-order valence-electron chi connectivity index (χ2n) is 4.18. The van der Waals surface area contributed by atoms with Gasteiger partial charge in [0, 0.05) is 12.6 Å². The zero-order chi connectivity index (χ0) is 12.0. The molecule has 0 aliphatic heterocycles. The van der Waals surface area contributed by atoms with Crippen molar-refractivity contribution >= 4 is 0 Å². The third-order valence-corrected chi connectivity index (χ3v) is 2.78. The molecule has 3 N–H and O–H groups in total. The Morgan fingerprint density at radius 3 is 2.75 bits per heavy atom. The van der Waals surface area contributed by atoms with Crippen LogP contribution in [0.2, 0.25) is 0 Å². The lowest BCUT2D eigenvalue weighted by atomic mass is 9.99. The maximum absolute atomic E-state index is 5.81. The summed E-state index contributed by atoms with van der Waals surface area (Å²) in [5, 5.41) is 3.45. The molecule has 1 aromatic carbocycles. The highest BCUT2D eigenvalue weighted by molar-refractivity contribution is 5.33. The predicted octanol–water partition coefficient (Wildman–Crippen LogP) is 2.47. The fourth-order valence-electron chi connectivity index (χ4n) is 1.90. The van der Waals surface area contributed by atoms with Crippen LogP contribution < -0.4 is 11.1 Å². The van der Waals surface area contributed by atoms with E-state index < -0.39 is 0 Å². The lowest BCUT2D eigenvalue weighted by Gasteiger charge is -2.19. The van der Waals surface area contributed by atoms with Crippen molar-refractivity contribution in [2.24, 2.45) is 5.73 Å². The lowest BCUT2D eigenvalue weighted by molar-refractivity contribution is 0.546. The van der Waals surface area contributed by atoms with Gasteiger partial charge >= 0.3 is 0 Å². The van der Waals surface area contributed by atoms with Crippen LogP contribution in [0, 0.1) is 13.8 Å². The quantitative estimate of drug-likeness (QED) is 0.568. The first kappa shape index (κ1) is 12.9. The largest absolute Gasteiger partial charge is 0.329 e. The minimum absolute atomic E-state index is 0.251. The smallest absolute Gasteiger partial charge is 0.0447 e. The molecular formula is C14H22N2. The van der Waals surface area contributed by atoms with Crippen LogP contribution in [0.25, 0.3) is 0 Å². The van der Waals surface area contributed by atoms with Crippen molar-refractivity contribution in [2.45, 2.75) is 26.3 Å². The summed E-state index contributed by atoms with van der Waals surface area (Å²) in [7, 11) is 0. The van der Waals surface area contributed by atoms with Gasteiger partial charge in [0.15, 0.2) is 0 Å². The Hall–Kier alpha value is -1.12. The van der Waals surface area contributed by atoms with E-state index in [4.69, 9.17) is 5.73 Å². The molecule has 0 fully saturated rings. The second-order valence-corrected chi connectivity index (χ2v) is 4.18. The molecule has 2 heteroatoms. The average Bonchev–Trinajstić information content (AvgIpc) is 2.26. The highest BCUT2D eigenvalue weighted by Gasteiger charge is 2.10. The van der Waals surface area contributed by atoms with Crippen LogP contribution in [0.3, 0.4) is 0 Å². The van der Waals surface area contributed by atoms with Crippen LogP contribution in [-0.4, -0.2) is 13.1 Å². The normalized spacial score (nSPS) is 12.4. The van der Waals surface area contributed by atoms with Gasteiger partial charge in [-0.15, -0.1) is 6.58 Å². The molecule has 1 aromatic rings. The molecular weight excluding hydrogens is 196 g/mol. The summed E-state index contributed by atoms with van der Waals surface area (Å²) in [5.74, 6) is 0. The monoisotopic (exact) mass is 218 g/mol. The number of nitrogens with two attached hydrogens (primary N) is 1. The van der Waals surface area contributed by atoms with E-state index in [1.165, 1.54) is 16.7 Å². The van der Waals surface area contributed by atoms with Crippen molar-refractivity contribution in [3.63, 3.8) is 0 Å². The molecule has 0 bridgehead atoms. The van der Waals surface area contributed by atoms with Crippen LogP contribution in [0.4, 0.5) is 0 Å². The Bertz CT molecular complexity index is 345. The molecule has 0 saturated carbocycles. The van der Waals surface area contributed by atoms with Gasteiger partial charge in [0.05, 0.1) is 0 Å². The first-order valence-corrected chi connectivity index (χ1v) is 5.80.